The molecule has 10 heteroatoms. The van der Waals surface area contributed by atoms with Crippen molar-refractivity contribution in [1.29, 1.82) is 0 Å². The van der Waals surface area contributed by atoms with Crippen LogP contribution < -0.4 is 10.1 Å². The molecule has 3 aromatic rings. The van der Waals surface area contributed by atoms with Crippen LogP contribution in [0.2, 0.25) is 0 Å². The van der Waals surface area contributed by atoms with E-state index in [1.807, 2.05) is 0 Å². The summed E-state index contributed by atoms with van der Waals surface area (Å²) >= 11 is 0. The largest absolute Gasteiger partial charge is 0.496 e. The molecule has 1 aromatic heterocycles. The maximum atomic E-state index is 13.1. The smallest absolute Gasteiger partial charge is 0.416 e. The van der Waals surface area contributed by atoms with Gasteiger partial charge >= 0.3 is 6.18 Å². The number of alkyl halides is 3. The van der Waals surface area contributed by atoms with E-state index in [0.717, 1.165) is 12.1 Å². The first-order valence-electron chi connectivity index (χ1n) is 8.73. The highest BCUT2D eigenvalue weighted by Crippen LogP contribution is 2.33. The number of rotatable bonds is 6. The molecule has 0 spiro atoms. The Bertz CT molecular complexity index is 1080. The Morgan fingerprint density at radius 1 is 1.17 bits per heavy atom. The van der Waals surface area contributed by atoms with Crippen LogP contribution in [-0.2, 0) is 17.4 Å². The fourth-order valence-electron chi connectivity index (χ4n) is 2.85. The molecule has 0 aliphatic carbocycles. The summed E-state index contributed by atoms with van der Waals surface area (Å²) in [4.78, 5) is 28.0. The number of anilines is 1. The van der Waals surface area contributed by atoms with Gasteiger partial charge in [-0.3, -0.25) is 9.59 Å². The van der Waals surface area contributed by atoms with E-state index >= 15 is 0 Å². The number of nitrogens with zero attached hydrogens (tertiary/aromatic N) is 3. The summed E-state index contributed by atoms with van der Waals surface area (Å²) in [6.07, 6.45) is -2.27. The third-order valence-electron chi connectivity index (χ3n) is 4.30. The molecule has 0 unspecified atom stereocenters. The number of halogens is 3. The Morgan fingerprint density at radius 2 is 1.93 bits per heavy atom. The van der Waals surface area contributed by atoms with E-state index in [-0.39, 0.29) is 23.6 Å². The number of benzene rings is 2. The highest BCUT2D eigenvalue weighted by molar-refractivity contribution is 5.97. The molecule has 2 aromatic carbocycles. The summed E-state index contributed by atoms with van der Waals surface area (Å²) in [6.45, 7) is 1.39. The van der Waals surface area contributed by atoms with Gasteiger partial charge in [-0.25, -0.2) is 9.67 Å². The molecule has 0 bridgehead atoms. The van der Waals surface area contributed by atoms with E-state index in [2.05, 4.69) is 15.4 Å². The molecule has 0 aliphatic heterocycles. The first-order valence-corrected chi connectivity index (χ1v) is 8.73. The van der Waals surface area contributed by atoms with Gasteiger partial charge in [-0.05, 0) is 43.3 Å². The van der Waals surface area contributed by atoms with Gasteiger partial charge in [0.2, 0.25) is 5.91 Å². The predicted octanol–water partition coefficient (Wildman–Crippen LogP) is 3.68. The van der Waals surface area contributed by atoms with Crippen molar-refractivity contribution < 1.29 is 27.5 Å². The molecule has 0 saturated heterocycles. The standard InChI is InChI=1S/C20H17F3N4O3/c1-12(28)13-3-6-18(30-2)14(7-13)8-19(29)26-16-9-15(20(21,22)23)4-5-17(16)27-11-24-10-25-27/h3-7,9-11H,8H2,1-2H3,(H,26,29). The van der Waals surface area contributed by atoms with Crippen LogP contribution in [0.5, 0.6) is 5.75 Å². The Labute approximate surface area is 169 Å². The minimum atomic E-state index is -4.58. The second kappa shape index (κ2) is 8.36. The van der Waals surface area contributed by atoms with Gasteiger partial charge in [-0.15, -0.1) is 0 Å². The highest BCUT2D eigenvalue weighted by atomic mass is 19.4. The van der Waals surface area contributed by atoms with Gasteiger partial charge in [0.1, 0.15) is 18.4 Å². The van der Waals surface area contributed by atoms with Gasteiger partial charge in [-0.2, -0.15) is 18.3 Å². The molecule has 0 radical (unpaired) electrons. The zero-order valence-electron chi connectivity index (χ0n) is 16.0. The maximum absolute atomic E-state index is 13.1. The van der Waals surface area contributed by atoms with Crippen molar-refractivity contribution in [3.8, 4) is 11.4 Å². The average molecular weight is 418 g/mol. The van der Waals surface area contributed by atoms with E-state index in [9.17, 15) is 22.8 Å². The van der Waals surface area contributed by atoms with Crippen molar-refractivity contribution in [3.63, 3.8) is 0 Å². The van der Waals surface area contributed by atoms with E-state index < -0.39 is 17.6 Å². The number of carbonyl (C=O) groups excluding carboxylic acids is 2. The van der Waals surface area contributed by atoms with Crippen LogP contribution in [-0.4, -0.2) is 33.6 Å². The van der Waals surface area contributed by atoms with Gasteiger partial charge in [0.25, 0.3) is 0 Å². The molecular weight excluding hydrogens is 401 g/mol. The predicted molar refractivity (Wildman–Crippen MR) is 102 cm³/mol. The SMILES string of the molecule is COc1ccc(C(C)=O)cc1CC(=O)Nc1cc(C(F)(F)F)ccc1-n1cncn1. The van der Waals surface area contributed by atoms with E-state index in [4.69, 9.17) is 4.74 Å². The lowest BCUT2D eigenvalue weighted by molar-refractivity contribution is -0.137. The van der Waals surface area contributed by atoms with Gasteiger partial charge in [0, 0.05) is 11.1 Å². The van der Waals surface area contributed by atoms with Crippen molar-refractivity contribution in [1.82, 2.24) is 14.8 Å². The van der Waals surface area contributed by atoms with Crippen LogP contribution in [0.25, 0.3) is 5.69 Å². The van der Waals surface area contributed by atoms with Crippen molar-refractivity contribution in [2.75, 3.05) is 12.4 Å². The molecule has 1 amide bonds. The topological polar surface area (TPSA) is 86.1 Å². The number of amides is 1. The number of Topliss-reactive ketones (excluding diaryl/α,β-unsaturated/α-hetero) is 1. The Morgan fingerprint density at radius 3 is 2.53 bits per heavy atom. The third kappa shape index (κ3) is 4.65. The molecule has 0 fully saturated rings. The first kappa shape index (κ1) is 21.0. The number of aromatic nitrogens is 3. The summed E-state index contributed by atoms with van der Waals surface area (Å²) in [7, 11) is 1.42. The van der Waals surface area contributed by atoms with Gasteiger partial charge in [0.15, 0.2) is 5.78 Å². The van der Waals surface area contributed by atoms with E-state index in [1.165, 1.54) is 43.5 Å². The summed E-state index contributed by atoms with van der Waals surface area (Å²) in [6, 6.07) is 7.57. The van der Waals surface area contributed by atoms with Crippen molar-refractivity contribution in [3.05, 3.63) is 65.7 Å². The lowest BCUT2D eigenvalue weighted by atomic mass is 10.0. The quantitative estimate of drug-likeness (QED) is 0.618. The average Bonchev–Trinajstić information content (AvgIpc) is 3.21. The summed E-state index contributed by atoms with van der Waals surface area (Å²) < 4.78 is 45.9. The third-order valence-corrected chi connectivity index (χ3v) is 4.30. The van der Waals surface area contributed by atoms with Gasteiger partial charge < -0.3 is 10.1 Å². The van der Waals surface area contributed by atoms with Crippen LogP contribution in [0.3, 0.4) is 0 Å². The van der Waals surface area contributed by atoms with Crippen LogP contribution in [0.4, 0.5) is 18.9 Å². The zero-order valence-corrected chi connectivity index (χ0v) is 16.0. The monoisotopic (exact) mass is 418 g/mol. The lowest BCUT2D eigenvalue weighted by Gasteiger charge is -2.15. The lowest BCUT2D eigenvalue weighted by Crippen LogP contribution is -2.18. The first-order chi connectivity index (χ1) is 14.2. The summed E-state index contributed by atoms with van der Waals surface area (Å²) in [5.41, 5.74) is 0.0381. The molecule has 0 aliphatic rings. The molecule has 7 nitrogen and oxygen atoms in total. The normalized spacial score (nSPS) is 11.2. The van der Waals surface area contributed by atoms with E-state index in [0.29, 0.717) is 16.9 Å². The van der Waals surface area contributed by atoms with Crippen LogP contribution in [0, 0.1) is 0 Å². The minimum Gasteiger partial charge on any atom is -0.496 e. The van der Waals surface area contributed by atoms with Crippen LogP contribution in [0.15, 0.2) is 49.1 Å². The molecule has 1 heterocycles. The number of ether oxygens (including phenoxy) is 1. The molecule has 0 atom stereocenters. The van der Waals surface area contributed by atoms with Crippen molar-refractivity contribution >= 4 is 17.4 Å². The Hall–Kier alpha value is -3.69. The number of ketones is 1. The number of hydrogen-bond acceptors (Lipinski definition) is 5. The molecule has 0 saturated carbocycles. The van der Waals surface area contributed by atoms with E-state index in [1.54, 1.807) is 12.1 Å². The summed E-state index contributed by atoms with van der Waals surface area (Å²) in [5.74, 6) is -0.393. The number of hydrogen-bond donors (Lipinski definition) is 1. The summed E-state index contributed by atoms with van der Waals surface area (Å²) in [5, 5.41) is 6.40. The fourth-order valence-corrected chi connectivity index (χ4v) is 2.85. The van der Waals surface area contributed by atoms with Crippen molar-refractivity contribution in [2.45, 2.75) is 19.5 Å². The molecule has 30 heavy (non-hydrogen) atoms. The number of methoxy groups -OCH3 is 1. The maximum Gasteiger partial charge on any atom is 0.416 e. The second-order valence-corrected chi connectivity index (χ2v) is 6.38. The Balaban J connectivity index is 1.93. The van der Waals surface area contributed by atoms with Gasteiger partial charge in [0.05, 0.1) is 30.5 Å². The fraction of sp³-hybridized carbons (Fsp3) is 0.200. The highest BCUT2D eigenvalue weighted by Gasteiger charge is 2.31. The number of nitrogens with one attached hydrogen (secondary N) is 1. The van der Waals surface area contributed by atoms with Crippen LogP contribution in [0.1, 0.15) is 28.4 Å². The van der Waals surface area contributed by atoms with Crippen LogP contribution >= 0.6 is 0 Å². The Kier molecular flexibility index (Phi) is 5.86. The molecule has 1 N–H and O–H groups in total. The van der Waals surface area contributed by atoms with Crippen molar-refractivity contribution in [2.24, 2.45) is 0 Å². The molecular formula is C20H17F3N4O3. The molecule has 156 valence electrons. The zero-order chi connectivity index (χ0) is 21.9. The minimum absolute atomic E-state index is 0.0815. The number of carbonyl (C=O) groups is 2. The molecule has 3 rings (SSSR count). The van der Waals surface area contributed by atoms with Gasteiger partial charge in [-0.1, -0.05) is 0 Å². The second-order valence-electron chi connectivity index (χ2n) is 6.38.